The Morgan fingerprint density at radius 3 is 2.67 bits per heavy atom. The number of rotatable bonds is 3. The molecule has 54 valence electrons. The van der Waals surface area contributed by atoms with E-state index in [0.717, 1.165) is 4.47 Å². The van der Waals surface area contributed by atoms with Crippen LogP contribution in [0, 0.1) is 5.92 Å². The second kappa shape index (κ2) is 5.08. The van der Waals surface area contributed by atoms with E-state index < -0.39 is 0 Å². The predicted molar refractivity (Wildman–Crippen MR) is 37.6 cm³/mol. The van der Waals surface area contributed by atoms with Crippen LogP contribution in [0.4, 0.5) is 0 Å². The minimum absolute atomic E-state index is 0.0676. The van der Waals surface area contributed by atoms with E-state index in [1.807, 2.05) is 6.92 Å². The Morgan fingerprint density at radius 2 is 2.33 bits per heavy atom. The summed E-state index contributed by atoms with van der Waals surface area (Å²) in [6.45, 7) is 1.92. The van der Waals surface area contributed by atoms with Gasteiger partial charge in [-0.05, 0) is 0 Å². The Hall–Kier alpha value is 0.260. The van der Waals surface area contributed by atoms with Gasteiger partial charge in [0.15, 0.2) is 0 Å². The molecular formula is C6H12O2Te. The number of hydrogen-bond donors (Lipinski definition) is 0. The van der Waals surface area contributed by atoms with Crippen molar-refractivity contribution in [3.63, 3.8) is 0 Å². The van der Waals surface area contributed by atoms with Crippen molar-refractivity contribution in [1.82, 2.24) is 0 Å². The van der Waals surface area contributed by atoms with Crippen LogP contribution in [-0.4, -0.2) is 34.0 Å². The molecule has 0 aliphatic carbocycles. The first-order chi connectivity index (χ1) is 4.22. The second-order valence-electron chi connectivity index (χ2n) is 1.88. The summed E-state index contributed by atoms with van der Waals surface area (Å²) in [5, 5.41) is 0. The second-order valence-corrected chi connectivity index (χ2v) is 4.48. The quantitative estimate of drug-likeness (QED) is 0.545. The molecule has 0 rings (SSSR count). The van der Waals surface area contributed by atoms with Crippen molar-refractivity contribution >= 4 is 26.9 Å². The average Bonchev–Trinajstić information content (AvgIpc) is 1.87. The fraction of sp³-hybridized carbons (Fsp3) is 0.833. The molecule has 0 bridgehead atoms. The first-order valence-electron chi connectivity index (χ1n) is 2.79. The van der Waals surface area contributed by atoms with Crippen LogP contribution >= 0.6 is 0 Å². The Bertz CT molecular complexity index is 93.1. The fourth-order valence-corrected chi connectivity index (χ4v) is 2.33. The third kappa shape index (κ3) is 3.77. The van der Waals surface area contributed by atoms with Crippen LogP contribution in [-0.2, 0) is 9.53 Å². The van der Waals surface area contributed by atoms with Gasteiger partial charge in [0.1, 0.15) is 0 Å². The molecule has 0 aromatic rings. The van der Waals surface area contributed by atoms with E-state index in [-0.39, 0.29) is 32.8 Å². The van der Waals surface area contributed by atoms with Crippen LogP contribution < -0.4 is 0 Å². The van der Waals surface area contributed by atoms with Crippen molar-refractivity contribution in [1.29, 1.82) is 0 Å². The van der Waals surface area contributed by atoms with Gasteiger partial charge in [-0.3, -0.25) is 0 Å². The van der Waals surface area contributed by atoms with Gasteiger partial charge < -0.3 is 0 Å². The molecule has 0 amide bonds. The van der Waals surface area contributed by atoms with Gasteiger partial charge in [-0.1, -0.05) is 0 Å². The van der Waals surface area contributed by atoms with Crippen molar-refractivity contribution in [2.75, 3.05) is 7.11 Å². The van der Waals surface area contributed by atoms with E-state index in [9.17, 15) is 4.79 Å². The van der Waals surface area contributed by atoms with Gasteiger partial charge in [-0.15, -0.1) is 0 Å². The summed E-state index contributed by atoms with van der Waals surface area (Å²) in [6, 6.07) is 0. The Balaban J connectivity index is 3.45. The summed E-state index contributed by atoms with van der Waals surface area (Å²) in [4.78, 5) is 12.9. The zero-order chi connectivity index (χ0) is 7.28. The Kier molecular flexibility index (Phi) is 5.22. The van der Waals surface area contributed by atoms with Crippen LogP contribution in [0.5, 0.6) is 0 Å². The Labute approximate surface area is 66.0 Å². The van der Waals surface area contributed by atoms with Crippen molar-refractivity contribution in [3.8, 4) is 0 Å². The Morgan fingerprint density at radius 1 is 1.78 bits per heavy atom. The standard InChI is InChI=1S/C6H12O2Te/c1-5(4-9-3)6(7)8-2/h5H,4H2,1-3H3. The molecule has 0 aromatic carbocycles. The average molecular weight is 244 g/mol. The normalized spacial score (nSPS) is 12.8. The molecule has 0 aliphatic heterocycles. The molecule has 9 heavy (non-hydrogen) atoms. The van der Waals surface area contributed by atoms with Gasteiger partial charge >= 0.3 is 65.8 Å². The van der Waals surface area contributed by atoms with Gasteiger partial charge in [-0.2, -0.15) is 0 Å². The van der Waals surface area contributed by atoms with Gasteiger partial charge in [0.2, 0.25) is 0 Å². The van der Waals surface area contributed by atoms with Crippen LogP contribution in [0.1, 0.15) is 6.92 Å². The van der Waals surface area contributed by atoms with Crippen LogP contribution in [0.3, 0.4) is 0 Å². The minimum atomic E-state index is -0.0676. The van der Waals surface area contributed by atoms with E-state index >= 15 is 0 Å². The molecule has 0 spiro atoms. The number of esters is 1. The van der Waals surface area contributed by atoms with E-state index in [1.54, 1.807) is 0 Å². The summed E-state index contributed by atoms with van der Waals surface area (Å²) >= 11 is 0.0791. The van der Waals surface area contributed by atoms with Gasteiger partial charge in [-0.25, -0.2) is 0 Å². The molecule has 0 radical (unpaired) electrons. The topological polar surface area (TPSA) is 26.3 Å². The third-order valence-corrected chi connectivity index (χ3v) is 3.40. The summed E-state index contributed by atoms with van der Waals surface area (Å²) in [5.74, 6) is 0.0596. The van der Waals surface area contributed by atoms with Gasteiger partial charge in [0, 0.05) is 0 Å². The maximum atomic E-state index is 10.7. The predicted octanol–water partition coefficient (Wildman–Crippen LogP) is 0.966. The van der Waals surface area contributed by atoms with Gasteiger partial charge in [0.05, 0.1) is 0 Å². The van der Waals surface area contributed by atoms with E-state index in [0.29, 0.717) is 0 Å². The molecule has 0 aliphatic rings. The van der Waals surface area contributed by atoms with Crippen LogP contribution in [0.15, 0.2) is 0 Å². The SMILES string of the molecule is COC(=O)C(C)C[Te]C. The van der Waals surface area contributed by atoms with E-state index in [1.165, 1.54) is 7.11 Å². The molecule has 0 N–H and O–H groups in total. The first-order valence-corrected chi connectivity index (χ1v) is 6.77. The summed E-state index contributed by atoms with van der Waals surface area (Å²) < 4.78 is 5.60. The van der Waals surface area contributed by atoms with Crippen molar-refractivity contribution in [2.45, 2.75) is 16.4 Å². The molecule has 0 fully saturated rings. The van der Waals surface area contributed by atoms with Gasteiger partial charge in [0.25, 0.3) is 0 Å². The summed E-state index contributed by atoms with van der Waals surface area (Å²) in [5.41, 5.74) is 0. The molecule has 1 atom stereocenters. The van der Waals surface area contributed by atoms with Crippen LogP contribution in [0.25, 0.3) is 0 Å². The van der Waals surface area contributed by atoms with E-state index in [2.05, 4.69) is 9.71 Å². The van der Waals surface area contributed by atoms with Crippen LogP contribution in [0.2, 0.25) is 9.44 Å². The molecule has 1 unspecified atom stereocenters. The molecule has 3 heteroatoms. The number of carbonyl (C=O) groups is 1. The van der Waals surface area contributed by atoms with E-state index in [4.69, 9.17) is 0 Å². The monoisotopic (exact) mass is 246 g/mol. The van der Waals surface area contributed by atoms with Crippen molar-refractivity contribution in [2.24, 2.45) is 5.92 Å². The molecular weight excluding hydrogens is 232 g/mol. The van der Waals surface area contributed by atoms with Crippen molar-refractivity contribution < 1.29 is 9.53 Å². The molecule has 0 heterocycles. The third-order valence-electron chi connectivity index (χ3n) is 1.02. The number of ether oxygens (including phenoxy) is 1. The number of carbonyl (C=O) groups excluding carboxylic acids is 1. The maximum absolute atomic E-state index is 10.7. The van der Waals surface area contributed by atoms with Crippen molar-refractivity contribution in [3.05, 3.63) is 0 Å². The number of hydrogen-bond acceptors (Lipinski definition) is 2. The first kappa shape index (κ1) is 9.26. The zero-order valence-electron chi connectivity index (χ0n) is 6.01. The number of methoxy groups -OCH3 is 1. The molecule has 2 nitrogen and oxygen atoms in total. The molecule has 0 saturated heterocycles. The molecule has 0 saturated carbocycles. The summed E-state index contributed by atoms with van der Waals surface area (Å²) in [7, 11) is 1.44. The summed E-state index contributed by atoms with van der Waals surface area (Å²) in [6.07, 6.45) is 0. The fourth-order valence-electron chi connectivity index (χ4n) is 0.519. The zero-order valence-corrected chi connectivity index (χ0v) is 8.34. The molecule has 0 aromatic heterocycles.